The summed E-state index contributed by atoms with van der Waals surface area (Å²) in [6.45, 7) is 9.34. The maximum Gasteiger partial charge on any atom is 0.0604 e. The van der Waals surface area contributed by atoms with Crippen LogP contribution in [-0.4, -0.2) is 24.0 Å². The molecule has 2 heteroatoms. The van der Waals surface area contributed by atoms with Crippen LogP contribution in [0.5, 0.6) is 0 Å². The highest BCUT2D eigenvalue weighted by molar-refractivity contribution is 5.37. The molecule has 1 aromatic heterocycles. The average molecular weight is 258 g/mol. The van der Waals surface area contributed by atoms with Gasteiger partial charge in [0.1, 0.15) is 0 Å². The zero-order valence-corrected chi connectivity index (χ0v) is 13.1. The minimum Gasteiger partial charge on any atom is -0.299 e. The topological polar surface area (TPSA) is 16.1 Å². The SMILES string of the molecule is CN(C)C(C)(C)c1ccc2c(n1)C[C@H]1C[C@@H]2C1(C)C. The van der Waals surface area contributed by atoms with E-state index in [1.165, 1.54) is 29.8 Å². The lowest BCUT2D eigenvalue weighted by atomic mass is 9.48. The van der Waals surface area contributed by atoms with Crippen molar-refractivity contribution in [2.75, 3.05) is 14.1 Å². The van der Waals surface area contributed by atoms with Gasteiger partial charge in [-0.3, -0.25) is 9.88 Å². The van der Waals surface area contributed by atoms with E-state index in [-0.39, 0.29) is 5.54 Å². The zero-order valence-electron chi connectivity index (χ0n) is 13.1. The van der Waals surface area contributed by atoms with Crippen LogP contribution in [0.2, 0.25) is 0 Å². The Morgan fingerprint density at radius 1 is 1.26 bits per heavy atom. The maximum absolute atomic E-state index is 5.01. The lowest BCUT2D eigenvalue weighted by Crippen LogP contribution is -2.48. The first kappa shape index (κ1) is 13.1. The molecule has 0 saturated heterocycles. The number of pyridine rings is 1. The van der Waals surface area contributed by atoms with E-state index in [4.69, 9.17) is 4.98 Å². The van der Waals surface area contributed by atoms with Gasteiger partial charge in [0.15, 0.2) is 0 Å². The second kappa shape index (κ2) is 3.82. The van der Waals surface area contributed by atoms with Crippen molar-refractivity contribution in [3.05, 3.63) is 29.1 Å². The standard InChI is InChI=1S/C17H26N2/c1-16(2)11-9-13(16)12-7-8-15(18-14(12)10-11)17(3,4)19(5)6/h7-8,11,13H,9-10H2,1-6H3/t11-,13+/m1/s1. The van der Waals surface area contributed by atoms with E-state index in [0.717, 1.165) is 11.8 Å². The van der Waals surface area contributed by atoms with Gasteiger partial charge in [0.2, 0.25) is 0 Å². The predicted octanol–water partition coefficient (Wildman–Crippen LogP) is 3.56. The van der Waals surface area contributed by atoms with Crippen LogP contribution >= 0.6 is 0 Å². The van der Waals surface area contributed by atoms with Crippen molar-refractivity contribution in [2.24, 2.45) is 11.3 Å². The molecule has 0 amide bonds. The molecule has 4 rings (SSSR count). The lowest BCUT2D eigenvalue weighted by Gasteiger charge is -2.56. The quantitative estimate of drug-likeness (QED) is 0.806. The van der Waals surface area contributed by atoms with E-state index in [1.807, 2.05) is 0 Å². The van der Waals surface area contributed by atoms with Crippen LogP contribution in [0.15, 0.2) is 12.1 Å². The third kappa shape index (κ3) is 1.69. The predicted molar refractivity (Wildman–Crippen MR) is 79.3 cm³/mol. The van der Waals surface area contributed by atoms with E-state index in [0.29, 0.717) is 5.41 Å². The Morgan fingerprint density at radius 3 is 2.53 bits per heavy atom. The number of hydrogen-bond donors (Lipinski definition) is 0. The van der Waals surface area contributed by atoms with Crippen LogP contribution in [0.1, 0.15) is 57.0 Å². The van der Waals surface area contributed by atoms with Gasteiger partial charge < -0.3 is 0 Å². The van der Waals surface area contributed by atoms with Crippen LogP contribution in [0, 0.1) is 11.3 Å². The molecule has 2 atom stereocenters. The number of rotatable bonds is 2. The molecule has 0 radical (unpaired) electrons. The van der Waals surface area contributed by atoms with Crippen molar-refractivity contribution in [2.45, 2.75) is 52.0 Å². The lowest BCUT2D eigenvalue weighted by molar-refractivity contribution is 0.0165. The second-order valence-corrected chi connectivity index (χ2v) is 7.70. The number of aromatic nitrogens is 1. The van der Waals surface area contributed by atoms with E-state index in [2.05, 4.69) is 58.8 Å². The summed E-state index contributed by atoms with van der Waals surface area (Å²) in [5, 5.41) is 0. The summed E-state index contributed by atoms with van der Waals surface area (Å²) >= 11 is 0. The summed E-state index contributed by atoms with van der Waals surface area (Å²) < 4.78 is 0. The summed E-state index contributed by atoms with van der Waals surface area (Å²) in [5.41, 5.74) is 4.59. The monoisotopic (exact) mass is 258 g/mol. The summed E-state index contributed by atoms with van der Waals surface area (Å²) in [6.07, 6.45) is 2.55. The van der Waals surface area contributed by atoms with Crippen LogP contribution in [0.3, 0.4) is 0 Å². The Bertz CT molecular complexity index is 514. The van der Waals surface area contributed by atoms with Gasteiger partial charge in [-0.2, -0.15) is 0 Å². The number of hydrogen-bond acceptors (Lipinski definition) is 2. The fourth-order valence-electron chi connectivity index (χ4n) is 3.69. The average Bonchev–Trinajstić information content (AvgIpc) is 2.36. The molecular formula is C17H26N2. The molecule has 1 aromatic rings. The van der Waals surface area contributed by atoms with Gasteiger partial charge in [-0.15, -0.1) is 0 Å². The van der Waals surface area contributed by atoms with Crippen LogP contribution < -0.4 is 0 Å². The van der Waals surface area contributed by atoms with Crippen LogP contribution in [0.25, 0.3) is 0 Å². The minimum atomic E-state index is 0.00614. The summed E-state index contributed by atoms with van der Waals surface area (Å²) in [4.78, 5) is 7.26. The Hall–Kier alpha value is -0.890. The van der Waals surface area contributed by atoms with Gasteiger partial charge in [0.05, 0.1) is 11.2 Å². The highest BCUT2D eigenvalue weighted by Crippen LogP contribution is 2.61. The molecule has 3 aliphatic rings. The molecule has 1 saturated carbocycles. The highest BCUT2D eigenvalue weighted by Gasteiger charge is 2.52. The van der Waals surface area contributed by atoms with Crippen molar-refractivity contribution in [1.29, 1.82) is 0 Å². The van der Waals surface area contributed by atoms with Gasteiger partial charge in [0, 0.05) is 5.69 Å². The molecule has 0 unspecified atom stereocenters. The Balaban J connectivity index is 2.00. The van der Waals surface area contributed by atoms with Gasteiger partial charge in [-0.25, -0.2) is 0 Å². The van der Waals surface area contributed by atoms with Crippen molar-refractivity contribution in [1.82, 2.24) is 9.88 Å². The third-order valence-electron chi connectivity index (χ3n) is 6.04. The van der Waals surface area contributed by atoms with E-state index < -0.39 is 0 Å². The molecule has 1 heterocycles. The molecule has 3 aliphatic carbocycles. The first-order valence-corrected chi connectivity index (χ1v) is 7.42. The summed E-state index contributed by atoms with van der Waals surface area (Å²) in [5.74, 6) is 1.58. The van der Waals surface area contributed by atoms with Gasteiger partial charge in [-0.05, 0) is 69.7 Å². The minimum absolute atomic E-state index is 0.00614. The van der Waals surface area contributed by atoms with Crippen LogP contribution in [0.4, 0.5) is 0 Å². The molecule has 2 nitrogen and oxygen atoms in total. The maximum atomic E-state index is 5.01. The molecule has 0 aromatic carbocycles. The second-order valence-electron chi connectivity index (χ2n) is 7.70. The van der Waals surface area contributed by atoms with Gasteiger partial charge >= 0.3 is 0 Å². The Kier molecular flexibility index (Phi) is 2.63. The van der Waals surface area contributed by atoms with Crippen molar-refractivity contribution in [3.63, 3.8) is 0 Å². The van der Waals surface area contributed by atoms with Crippen molar-refractivity contribution < 1.29 is 0 Å². The summed E-state index contributed by atoms with van der Waals surface area (Å²) in [7, 11) is 4.25. The van der Waals surface area contributed by atoms with Gasteiger partial charge in [0.25, 0.3) is 0 Å². The molecule has 104 valence electrons. The fourth-order valence-corrected chi connectivity index (χ4v) is 3.69. The molecule has 2 bridgehead atoms. The largest absolute Gasteiger partial charge is 0.299 e. The Labute approximate surface area is 117 Å². The van der Waals surface area contributed by atoms with E-state index in [1.54, 1.807) is 0 Å². The molecule has 0 N–H and O–H groups in total. The van der Waals surface area contributed by atoms with Crippen molar-refractivity contribution in [3.8, 4) is 0 Å². The van der Waals surface area contributed by atoms with Crippen LogP contribution in [-0.2, 0) is 12.0 Å². The zero-order chi connectivity index (χ0) is 14.0. The highest BCUT2D eigenvalue weighted by atomic mass is 15.1. The number of nitrogens with zero attached hydrogens (tertiary/aromatic N) is 2. The van der Waals surface area contributed by atoms with E-state index >= 15 is 0 Å². The third-order valence-corrected chi connectivity index (χ3v) is 6.04. The Morgan fingerprint density at radius 2 is 1.95 bits per heavy atom. The van der Waals surface area contributed by atoms with Crippen molar-refractivity contribution >= 4 is 0 Å². The molecule has 1 fully saturated rings. The van der Waals surface area contributed by atoms with Gasteiger partial charge in [-0.1, -0.05) is 19.9 Å². The molecule has 0 spiro atoms. The first-order valence-electron chi connectivity index (χ1n) is 7.42. The van der Waals surface area contributed by atoms with E-state index in [9.17, 15) is 0 Å². The normalized spacial score (nSPS) is 27.9. The smallest absolute Gasteiger partial charge is 0.0604 e. The molecule has 0 aliphatic heterocycles. The molecular weight excluding hydrogens is 232 g/mol. The first-order chi connectivity index (χ1) is 8.74. The summed E-state index contributed by atoms with van der Waals surface area (Å²) in [6, 6.07) is 4.60. The molecule has 19 heavy (non-hydrogen) atoms. The fraction of sp³-hybridized carbons (Fsp3) is 0.706.